The molecule has 3 atom stereocenters. The van der Waals surface area contributed by atoms with E-state index in [1.165, 1.54) is 28.8 Å². The van der Waals surface area contributed by atoms with Crippen LogP contribution in [0.4, 0.5) is 13.2 Å². The van der Waals surface area contributed by atoms with Crippen LogP contribution in [0.25, 0.3) is 0 Å². The Bertz CT molecular complexity index is 1100. The average molecular weight is 518 g/mol. The highest BCUT2D eigenvalue weighted by Crippen LogP contribution is 2.40. The maximum atomic E-state index is 13.1. The molecule has 2 heterocycles. The second-order valence-corrected chi connectivity index (χ2v) is 10.7. The molecule has 0 radical (unpaired) electrons. The number of hydrogen-bond acceptors (Lipinski definition) is 4. The van der Waals surface area contributed by atoms with Crippen LogP contribution in [0, 0.1) is 13.8 Å². The number of piperazine rings is 1. The zero-order valence-corrected chi connectivity index (χ0v) is 22.4. The number of ether oxygens (including phenoxy) is 1. The third-order valence-electron chi connectivity index (χ3n) is 7.99. The molecular formula is C29H38F3N3O2. The zero-order chi connectivity index (χ0) is 26.9. The number of unbranched alkanes of at least 4 members (excludes halogenated alkanes) is 1. The fraction of sp³-hybridized carbons (Fsp3) is 0.552. The number of carbonyl (C=O) groups excluding carboxylic acids is 1. The van der Waals surface area contributed by atoms with Crippen molar-refractivity contribution in [3.05, 3.63) is 64.2 Å². The Hall–Kier alpha value is -2.58. The smallest absolute Gasteiger partial charge is 0.416 e. The number of rotatable bonds is 9. The zero-order valence-electron chi connectivity index (χ0n) is 22.4. The number of hydrogen-bond donors (Lipinski definition) is 0. The molecule has 202 valence electrons. The topological polar surface area (TPSA) is 36.0 Å². The molecule has 2 saturated heterocycles. The number of nitrogens with zero attached hydrogens (tertiary/aromatic N) is 3. The van der Waals surface area contributed by atoms with Gasteiger partial charge in [-0.1, -0.05) is 6.07 Å². The van der Waals surface area contributed by atoms with Crippen molar-refractivity contribution in [2.75, 3.05) is 40.3 Å². The Kier molecular flexibility index (Phi) is 8.19. The van der Waals surface area contributed by atoms with E-state index >= 15 is 0 Å². The quantitative estimate of drug-likeness (QED) is 0.400. The van der Waals surface area contributed by atoms with E-state index in [1.807, 2.05) is 4.90 Å². The average Bonchev–Trinajstić information content (AvgIpc) is 3.46. The number of benzene rings is 2. The molecule has 2 aliphatic rings. The van der Waals surface area contributed by atoms with Gasteiger partial charge in [0.1, 0.15) is 5.75 Å². The molecule has 0 aromatic heterocycles. The molecule has 1 amide bonds. The summed E-state index contributed by atoms with van der Waals surface area (Å²) in [7, 11) is 4.16. The first kappa shape index (κ1) is 27.5. The number of amides is 1. The first-order valence-electron chi connectivity index (χ1n) is 13.1. The summed E-state index contributed by atoms with van der Waals surface area (Å²) in [5, 5.41) is 0. The van der Waals surface area contributed by atoms with E-state index in [-0.39, 0.29) is 24.0 Å². The van der Waals surface area contributed by atoms with Crippen LogP contribution < -0.4 is 4.74 Å². The lowest BCUT2D eigenvalue weighted by molar-refractivity contribution is -0.137. The molecule has 2 aromatic rings. The highest BCUT2D eigenvalue weighted by atomic mass is 19.4. The summed E-state index contributed by atoms with van der Waals surface area (Å²) in [4.78, 5) is 19.5. The summed E-state index contributed by atoms with van der Waals surface area (Å²) in [6.07, 6.45) is -1.38. The summed E-state index contributed by atoms with van der Waals surface area (Å²) in [6, 6.07) is 9.31. The van der Waals surface area contributed by atoms with Crippen LogP contribution in [0.1, 0.15) is 64.8 Å². The maximum Gasteiger partial charge on any atom is 0.416 e. The third-order valence-corrected chi connectivity index (χ3v) is 7.99. The van der Waals surface area contributed by atoms with E-state index in [4.69, 9.17) is 4.74 Å². The van der Waals surface area contributed by atoms with Crippen molar-refractivity contribution < 1.29 is 22.7 Å². The van der Waals surface area contributed by atoms with Crippen molar-refractivity contribution in [1.82, 2.24) is 14.7 Å². The Morgan fingerprint density at radius 3 is 2.32 bits per heavy atom. The van der Waals surface area contributed by atoms with E-state index in [2.05, 4.69) is 56.8 Å². The van der Waals surface area contributed by atoms with Crippen LogP contribution in [0.5, 0.6) is 5.75 Å². The number of fused-ring (bicyclic) bond motifs is 2. The van der Waals surface area contributed by atoms with Gasteiger partial charge in [0.25, 0.3) is 5.91 Å². The van der Waals surface area contributed by atoms with Gasteiger partial charge in [0.15, 0.2) is 0 Å². The van der Waals surface area contributed by atoms with Crippen LogP contribution >= 0.6 is 0 Å². The molecule has 5 nitrogen and oxygen atoms in total. The predicted octanol–water partition coefficient (Wildman–Crippen LogP) is 5.70. The molecule has 4 rings (SSSR count). The predicted molar refractivity (Wildman–Crippen MR) is 139 cm³/mol. The molecule has 0 aliphatic carbocycles. The second-order valence-electron chi connectivity index (χ2n) is 10.7. The molecule has 2 fully saturated rings. The number of carbonyl (C=O) groups is 1. The van der Waals surface area contributed by atoms with Gasteiger partial charge in [0, 0.05) is 36.8 Å². The Morgan fingerprint density at radius 2 is 1.73 bits per heavy atom. The van der Waals surface area contributed by atoms with E-state index in [0.29, 0.717) is 18.7 Å². The molecule has 2 aromatic carbocycles. The first-order valence-corrected chi connectivity index (χ1v) is 13.1. The molecule has 2 aliphatic heterocycles. The standard InChI is InChI=1S/C29H38F3N3O2/c1-19-20(2)27(37-15-7-6-14-33(4)5)13-12-26(19)21(3)34-17-25-16-24(34)18-35(25)28(36)22-8-10-23(11-9-22)29(30,31)32/h8-13,21,24-25H,6-7,14-18H2,1-5H3/t21-,24+,25+/m0/s1. The van der Waals surface area contributed by atoms with E-state index in [0.717, 1.165) is 50.2 Å². The van der Waals surface area contributed by atoms with Crippen molar-refractivity contribution in [3.8, 4) is 5.75 Å². The molecule has 0 saturated carbocycles. The Morgan fingerprint density at radius 1 is 1.03 bits per heavy atom. The fourth-order valence-corrected chi connectivity index (χ4v) is 5.71. The molecule has 8 heteroatoms. The summed E-state index contributed by atoms with van der Waals surface area (Å²) >= 11 is 0. The Balaban J connectivity index is 1.36. The van der Waals surface area contributed by atoms with Gasteiger partial charge >= 0.3 is 6.18 Å². The molecule has 2 bridgehead atoms. The van der Waals surface area contributed by atoms with Crippen LogP contribution in [0.15, 0.2) is 36.4 Å². The molecule has 37 heavy (non-hydrogen) atoms. The summed E-state index contributed by atoms with van der Waals surface area (Å²) in [5.74, 6) is 0.752. The molecule has 0 unspecified atom stereocenters. The normalized spacial score (nSPS) is 20.6. The van der Waals surface area contributed by atoms with E-state index in [9.17, 15) is 18.0 Å². The maximum absolute atomic E-state index is 13.1. The highest BCUT2D eigenvalue weighted by molar-refractivity contribution is 5.94. The summed E-state index contributed by atoms with van der Waals surface area (Å²) in [6.45, 7) is 9.61. The SMILES string of the molecule is Cc1c(OCCCCN(C)C)ccc([C@H](C)N2C[C@H]3C[C@@H]2CN3C(=O)c2ccc(C(F)(F)F)cc2)c1C. The van der Waals surface area contributed by atoms with Crippen molar-refractivity contribution in [1.29, 1.82) is 0 Å². The monoisotopic (exact) mass is 517 g/mol. The van der Waals surface area contributed by atoms with Crippen LogP contribution in [0.2, 0.25) is 0 Å². The lowest BCUT2D eigenvalue weighted by Crippen LogP contribution is -2.49. The van der Waals surface area contributed by atoms with Gasteiger partial charge in [0.05, 0.1) is 12.2 Å². The summed E-state index contributed by atoms with van der Waals surface area (Å²) < 4.78 is 44.7. The fourth-order valence-electron chi connectivity index (χ4n) is 5.71. The van der Waals surface area contributed by atoms with Crippen molar-refractivity contribution in [2.45, 2.75) is 64.3 Å². The van der Waals surface area contributed by atoms with Crippen LogP contribution in [-0.2, 0) is 6.18 Å². The van der Waals surface area contributed by atoms with Crippen molar-refractivity contribution in [3.63, 3.8) is 0 Å². The van der Waals surface area contributed by atoms with Gasteiger partial charge in [-0.05, 0) is 108 Å². The number of halogens is 3. The number of likely N-dealkylation sites (tertiary alicyclic amines) is 2. The first-order chi connectivity index (χ1) is 17.5. The number of alkyl halides is 3. The molecule has 0 N–H and O–H groups in total. The van der Waals surface area contributed by atoms with Gasteiger partial charge in [-0.2, -0.15) is 13.2 Å². The minimum absolute atomic E-state index is 0.0772. The minimum Gasteiger partial charge on any atom is -0.493 e. The highest BCUT2D eigenvalue weighted by Gasteiger charge is 2.47. The van der Waals surface area contributed by atoms with Gasteiger partial charge in [-0.3, -0.25) is 9.69 Å². The van der Waals surface area contributed by atoms with Gasteiger partial charge in [0.2, 0.25) is 0 Å². The largest absolute Gasteiger partial charge is 0.493 e. The van der Waals surface area contributed by atoms with Crippen molar-refractivity contribution in [2.24, 2.45) is 0 Å². The lowest BCUT2D eigenvalue weighted by atomic mass is 9.96. The van der Waals surface area contributed by atoms with Crippen LogP contribution in [-0.4, -0.2) is 73.0 Å². The van der Waals surface area contributed by atoms with E-state index < -0.39 is 11.7 Å². The van der Waals surface area contributed by atoms with Crippen molar-refractivity contribution >= 4 is 5.91 Å². The van der Waals surface area contributed by atoms with E-state index in [1.54, 1.807) is 0 Å². The third kappa shape index (κ3) is 5.96. The second kappa shape index (κ2) is 11.0. The van der Waals surface area contributed by atoms with Gasteiger partial charge < -0.3 is 14.5 Å². The minimum atomic E-state index is -4.41. The van der Waals surface area contributed by atoms with Gasteiger partial charge in [-0.15, -0.1) is 0 Å². The lowest BCUT2D eigenvalue weighted by Gasteiger charge is -2.38. The van der Waals surface area contributed by atoms with Gasteiger partial charge in [-0.25, -0.2) is 0 Å². The summed E-state index contributed by atoms with van der Waals surface area (Å²) in [5.41, 5.74) is 3.24. The Labute approximate surface area is 218 Å². The molecular weight excluding hydrogens is 479 g/mol. The van der Waals surface area contributed by atoms with Crippen LogP contribution in [0.3, 0.4) is 0 Å². The molecule has 0 spiro atoms.